The summed E-state index contributed by atoms with van der Waals surface area (Å²) in [5.41, 5.74) is 6.51. The maximum atomic E-state index is 11.2. The predicted octanol–water partition coefficient (Wildman–Crippen LogP) is 0.953. The second kappa shape index (κ2) is 7.12. The number of carbonyl (C=O) groups is 2. The van der Waals surface area contributed by atoms with E-state index >= 15 is 0 Å². The van der Waals surface area contributed by atoms with Crippen molar-refractivity contribution < 1.29 is 14.7 Å². The highest BCUT2D eigenvalue weighted by Crippen LogP contribution is 2.12. The Kier molecular flexibility index (Phi) is 5.49. The van der Waals surface area contributed by atoms with Gasteiger partial charge in [-0.25, -0.2) is 4.79 Å². The summed E-state index contributed by atoms with van der Waals surface area (Å²) in [6.45, 7) is 1.92. The molecule has 6 nitrogen and oxygen atoms in total. The van der Waals surface area contributed by atoms with Crippen LogP contribution in [0, 0.1) is 6.92 Å². The van der Waals surface area contributed by atoms with Gasteiger partial charge in [0, 0.05) is 17.8 Å². The van der Waals surface area contributed by atoms with Crippen LogP contribution in [0.3, 0.4) is 0 Å². The van der Waals surface area contributed by atoms with Gasteiger partial charge in [0.1, 0.15) is 0 Å². The molecule has 100 valence electrons. The minimum atomic E-state index is -1.20. The average Bonchev–Trinajstić information content (AvgIpc) is 2.36. The Balaban J connectivity index is 2.43. The van der Waals surface area contributed by atoms with Crippen LogP contribution in [-0.2, 0) is 9.59 Å². The lowest BCUT2D eigenvalue weighted by atomic mass is 10.2. The molecule has 7 heteroatoms. The van der Waals surface area contributed by atoms with Crippen molar-refractivity contribution in [2.45, 2.75) is 6.92 Å². The topological polar surface area (TPSA) is 90.5 Å². The van der Waals surface area contributed by atoms with Gasteiger partial charge in [0.05, 0.1) is 0 Å². The summed E-state index contributed by atoms with van der Waals surface area (Å²) in [6, 6.07) is 7.51. The molecular weight excluding hydrogens is 266 g/mol. The fourth-order valence-corrected chi connectivity index (χ4v) is 1.33. The number of anilines is 1. The van der Waals surface area contributed by atoms with Gasteiger partial charge < -0.3 is 10.4 Å². The number of hydrazine groups is 1. The Morgan fingerprint density at radius 2 is 1.89 bits per heavy atom. The zero-order valence-corrected chi connectivity index (χ0v) is 11.0. The van der Waals surface area contributed by atoms with Crippen LogP contribution in [-0.4, -0.2) is 22.1 Å². The van der Waals surface area contributed by atoms with Crippen LogP contribution in [0.25, 0.3) is 0 Å². The third-order valence-corrected chi connectivity index (χ3v) is 2.27. The quantitative estimate of drug-likeness (QED) is 0.374. The molecule has 0 fully saturated rings. The standard InChI is InChI=1S/C12H13N3O3S/c1-8-4-2-3-5-9(8)13-12(19)15-14-10(16)6-7-11(17)18/h2-7H,1H3,(H,14,16)(H,17,18)(H2,13,15,19)/b7-6+. The van der Waals surface area contributed by atoms with Gasteiger partial charge in [0.25, 0.3) is 5.91 Å². The number of carboxylic acids is 1. The number of hydrogen-bond donors (Lipinski definition) is 4. The number of thiocarbonyl (C=S) groups is 1. The van der Waals surface area contributed by atoms with Gasteiger partial charge in [-0.1, -0.05) is 18.2 Å². The normalized spacial score (nSPS) is 9.95. The van der Waals surface area contributed by atoms with Crippen LogP contribution in [0.5, 0.6) is 0 Å². The van der Waals surface area contributed by atoms with Crippen LogP contribution >= 0.6 is 12.2 Å². The number of carbonyl (C=O) groups excluding carboxylic acids is 1. The number of nitrogens with one attached hydrogen (secondary N) is 3. The number of aliphatic carboxylic acids is 1. The third-order valence-electron chi connectivity index (χ3n) is 2.07. The first-order chi connectivity index (χ1) is 8.99. The predicted molar refractivity (Wildman–Crippen MR) is 75.5 cm³/mol. The van der Waals surface area contributed by atoms with Crippen LogP contribution in [0.4, 0.5) is 5.69 Å². The second-order valence-electron chi connectivity index (χ2n) is 3.55. The first-order valence-electron chi connectivity index (χ1n) is 5.32. The Morgan fingerprint density at radius 3 is 2.53 bits per heavy atom. The van der Waals surface area contributed by atoms with Crippen molar-refractivity contribution in [3.05, 3.63) is 42.0 Å². The van der Waals surface area contributed by atoms with E-state index in [0.717, 1.165) is 23.4 Å². The summed E-state index contributed by atoms with van der Waals surface area (Å²) in [4.78, 5) is 21.4. The molecular formula is C12H13N3O3S. The van der Waals surface area contributed by atoms with Gasteiger partial charge in [-0.2, -0.15) is 0 Å². The minimum Gasteiger partial charge on any atom is -0.478 e. The Bertz CT molecular complexity index is 529. The van der Waals surface area contributed by atoms with Gasteiger partial charge in [-0.05, 0) is 30.8 Å². The lowest BCUT2D eigenvalue weighted by molar-refractivity contribution is -0.131. The minimum absolute atomic E-state index is 0.200. The van der Waals surface area contributed by atoms with Gasteiger partial charge in [0.2, 0.25) is 0 Å². The number of benzene rings is 1. The van der Waals surface area contributed by atoms with Crippen LogP contribution in [0.2, 0.25) is 0 Å². The number of aryl methyl sites for hydroxylation is 1. The summed E-state index contributed by atoms with van der Waals surface area (Å²) >= 11 is 4.97. The summed E-state index contributed by atoms with van der Waals surface area (Å²) in [6.07, 6.45) is 1.61. The van der Waals surface area contributed by atoms with Crippen LogP contribution in [0.15, 0.2) is 36.4 Å². The van der Waals surface area contributed by atoms with Crippen molar-refractivity contribution in [2.75, 3.05) is 5.32 Å². The van der Waals surface area contributed by atoms with Crippen LogP contribution < -0.4 is 16.2 Å². The Labute approximate surface area is 115 Å². The van der Waals surface area contributed by atoms with Crippen molar-refractivity contribution in [2.24, 2.45) is 0 Å². The van der Waals surface area contributed by atoms with Crippen LogP contribution in [0.1, 0.15) is 5.56 Å². The Morgan fingerprint density at radius 1 is 1.21 bits per heavy atom. The molecule has 1 rings (SSSR count). The highest BCUT2D eigenvalue weighted by atomic mass is 32.1. The first-order valence-corrected chi connectivity index (χ1v) is 5.73. The number of rotatable bonds is 3. The van der Waals surface area contributed by atoms with Crippen molar-refractivity contribution in [1.82, 2.24) is 10.9 Å². The molecule has 0 aliphatic rings. The van der Waals surface area contributed by atoms with Crippen molar-refractivity contribution in [3.8, 4) is 0 Å². The number of amides is 1. The lowest BCUT2D eigenvalue weighted by Crippen LogP contribution is -2.43. The maximum Gasteiger partial charge on any atom is 0.328 e. The summed E-state index contributed by atoms with van der Waals surface area (Å²) in [7, 11) is 0. The van der Waals surface area contributed by atoms with Gasteiger partial charge >= 0.3 is 5.97 Å². The fraction of sp³-hybridized carbons (Fsp3) is 0.0833. The third kappa shape index (κ3) is 5.64. The molecule has 1 amide bonds. The lowest BCUT2D eigenvalue weighted by Gasteiger charge is -2.12. The number of carboxylic acid groups (broad SMARTS) is 1. The molecule has 1 aromatic carbocycles. The molecule has 0 aromatic heterocycles. The van der Waals surface area contributed by atoms with E-state index in [2.05, 4.69) is 16.2 Å². The highest BCUT2D eigenvalue weighted by Gasteiger charge is 2.01. The second-order valence-corrected chi connectivity index (χ2v) is 3.96. The maximum absolute atomic E-state index is 11.2. The summed E-state index contributed by atoms with van der Waals surface area (Å²) < 4.78 is 0. The molecule has 0 radical (unpaired) electrons. The van der Waals surface area contributed by atoms with Gasteiger partial charge in [-0.3, -0.25) is 15.6 Å². The zero-order chi connectivity index (χ0) is 14.3. The molecule has 0 bridgehead atoms. The van der Waals surface area contributed by atoms with E-state index in [-0.39, 0.29) is 5.11 Å². The van der Waals surface area contributed by atoms with Gasteiger partial charge in [0.15, 0.2) is 5.11 Å². The summed E-state index contributed by atoms with van der Waals surface area (Å²) in [5.74, 6) is -1.81. The van der Waals surface area contributed by atoms with Gasteiger partial charge in [-0.15, -0.1) is 0 Å². The van der Waals surface area contributed by atoms with Crippen molar-refractivity contribution >= 4 is 34.9 Å². The molecule has 0 aliphatic carbocycles. The molecule has 0 unspecified atom stereocenters. The highest BCUT2D eigenvalue weighted by molar-refractivity contribution is 7.80. The molecule has 0 aliphatic heterocycles. The molecule has 4 N–H and O–H groups in total. The van der Waals surface area contributed by atoms with Crippen molar-refractivity contribution in [1.29, 1.82) is 0 Å². The number of hydrogen-bond acceptors (Lipinski definition) is 3. The van der Waals surface area contributed by atoms with E-state index in [1.54, 1.807) is 0 Å². The molecule has 1 aromatic rings. The van der Waals surface area contributed by atoms with E-state index in [0.29, 0.717) is 0 Å². The monoisotopic (exact) mass is 279 g/mol. The smallest absolute Gasteiger partial charge is 0.328 e. The molecule has 0 heterocycles. The fourth-order valence-electron chi connectivity index (χ4n) is 1.17. The van der Waals surface area contributed by atoms with E-state index in [4.69, 9.17) is 17.3 Å². The van der Waals surface area contributed by atoms with E-state index in [1.165, 1.54) is 0 Å². The molecule has 19 heavy (non-hydrogen) atoms. The number of para-hydroxylation sites is 1. The summed E-state index contributed by atoms with van der Waals surface area (Å²) in [5, 5.41) is 11.4. The molecule has 0 atom stereocenters. The molecule has 0 saturated heterocycles. The Hall–Kier alpha value is -2.41. The van der Waals surface area contributed by atoms with E-state index in [1.807, 2.05) is 31.2 Å². The zero-order valence-electron chi connectivity index (χ0n) is 10.1. The van der Waals surface area contributed by atoms with E-state index < -0.39 is 11.9 Å². The van der Waals surface area contributed by atoms with Crippen molar-refractivity contribution in [3.63, 3.8) is 0 Å². The largest absolute Gasteiger partial charge is 0.478 e. The van der Waals surface area contributed by atoms with E-state index in [9.17, 15) is 9.59 Å². The molecule has 0 spiro atoms. The first kappa shape index (κ1) is 14.7. The average molecular weight is 279 g/mol. The molecule has 0 saturated carbocycles. The SMILES string of the molecule is Cc1ccccc1NC(=S)NNC(=O)/C=C/C(=O)O.